The molecule has 0 saturated heterocycles. The van der Waals surface area contributed by atoms with E-state index in [1.54, 1.807) is 31.5 Å². The Kier molecular flexibility index (Phi) is 9.79. The van der Waals surface area contributed by atoms with Crippen molar-refractivity contribution >= 4 is 17.5 Å². The van der Waals surface area contributed by atoms with Gasteiger partial charge in [-0.1, -0.05) is 37.8 Å². The van der Waals surface area contributed by atoms with Crippen LogP contribution >= 0.6 is 0 Å². The van der Waals surface area contributed by atoms with E-state index >= 15 is 0 Å². The average Bonchev–Trinajstić information content (AvgIpc) is 2.69. The van der Waals surface area contributed by atoms with E-state index in [-0.39, 0.29) is 18.1 Å². The van der Waals surface area contributed by atoms with Crippen molar-refractivity contribution < 1.29 is 18.3 Å². The van der Waals surface area contributed by atoms with Gasteiger partial charge in [0.25, 0.3) is 5.92 Å². The predicted octanol–water partition coefficient (Wildman–Crippen LogP) is 5.10. The Morgan fingerprint density at radius 3 is 2.52 bits per heavy atom. The van der Waals surface area contributed by atoms with Crippen LogP contribution in [0.25, 0.3) is 0 Å². The number of nitrogens with one attached hydrogen (secondary N) is 1. The molecule has 0 unspecified atom stereocenters. The molecule has 29 heavy (non-hydrogen) atoms. The first-order valence-corrected chi connectivity index (χ1v) is 9.38. The molecule has 1 aromatic carbocycles. The van der Waals surface area contributed by atoms with Crippen molar-refractivity contribution in [1.29, 1.82) is 0 Å². The van der Waals surface area contributed by atoms with Gasteiger partial charge in [-0.05, 0) is 31.6 Å². The van der Waals surface area contributed by atoms with Crippen molar-refractivity contribution in [2.45, 2.75) is 33.1 Å². The second-order valence-corrected chi connectivity index (χ2v) is 6.35. The predicted molar refractivity (Wildman–Crippen MR) is 114 cm³/mol. The summed E-state index contributed by atoms with van der Waals surface area (Å²) in [4.78, 5) is 17.4. The van der Waals surface area contributed by atoms with Gasteiger partial charge in [-0.2, -0.15) is 0 Å². The van der Waals surface area contributed by atoms with Crippen LogP contribution in [-0.4, -0.2) is 36.9 Å². The number of benzene rings is 1. The highest BCUT2D eigenvalue weighted by atomic mass is 19.3. The maximum absolute atomic E-state index is 13.4. The quantitative estimate of drug-likeness (QED) is 0.335. The van der Waals surface area contributed by atoms with E-state index in [1.807, 2.05) is 19.9 Å². The van der Waals surface area contributed by atoms with Crippen LogP contribution in [0.2, 0.25) is 0 Å². The molecule has 7 heteroatoms. The first-order chi connectivity index (χ1) is 13.7. The van der Waals surface area contributed by atoms with Crippen LogP contribution < -0.4 is 5.32 Å². The normalized spacial score (nSPS) is 12.8. The standard InChI is InChI=1S/C22H29F2N3O2/c1-6-9-19(26-18-12-10-17(11-13-18)22(4,23)24)21(25-14-7-2)29-16-15-27(5)20(28)8-3/h7-14,26H,3,6,15-16H2,1-2,4-5H3/b14-7-,19-9-,25-21-. The molecule has 158 valence electrons. The topological polar surface area (TPSA) is 53.9 Å². The number of carbonyl (C=O) groups is 1. The van der Waals surface area contributed by atoms with Gasteiger partial charge in [-0.15, -0.1) is 0 Å². The third-order valence-corrected chi connectivity index (χ3v) is 3.87. The summed E-state index contributed by atoms with van der Waals surface area (Å²) in [7, 11) is 1.66. The van der Waals surface area contributed by atoms with E-state index in [4.69, 9.17) is 4.74 Å². The SMILES string of the molecule is C=CC(=O)N(C)CCOC(=N\C=C/C)/C(=C/CC)Nc1ccc(C(C)(F)F)cc1. The summed E-state index contributed by atoms with van der Waals surface area (Å²) < 4.78 is 32.6. The number of rotatable bonds is 10. The minimum atomic E-state index is -2.89. The zero-order valence-electron chi connectivity index (χ0n) is 17.4. The van der Waals surface area contributed by atoms with Crippen LogP contribution in [0.1, 0.15) is 32.8 Å². The number of allylic oxidation sites excluding steroid dienone is 2. The van der Waals surface area contributed by atoms with Gasteiger partial charge in [0.15, 0.2) is 0 Å². The fraction of sp³-hybridized carbons (Fsp3) is 0.364. The van der Waals surface area contributed by atoms with Gasteiger partial charge in [0.2, 0.25) is 11.8 Å². The molecule has 5 nitrogen and oxygen atoms in total. The van der Waals surface area contributed by atoms with Crippen LogP contribution in [-0.2, 0) is 15.5 Å². The van der Waals surface area contributed by atoms with Crippen molar-refractivity contribution in [1.82, 2.24) is 4.90 Å². The largest absolute Gasteiger partial charge is 0.474 e. The number of likely N-dealkylation sites (N-methyl/N-ethyl adjacent to an activating group) is 1. The molecule has 0 heterocycles. The number of hydrogen-bond donors (Lipinski definition) is 1. The molecule has 1 rings (SSSR count). The minimum Gasteiger partial charge on any atom is -0.474 e. The van der Waals surface area contributed by atoms with Crippen molar-refractivity contribution in [2.24, 2.45) is 4.99 Å². The molecule has 0 fully saturated rings. The second kappa shape index (κ2) is 11.8. The number of carbonyl (C=O) groups excluding carboxylic acids is 1. The molecule has 1 aromatic rings. The third-order valence-electron chi connectivity index (χ3n) is 3.87. The molecular formula is C22H29F2N3O2. The Bertz CT molecular complexity index is 763. The summed E-state index contributed by atoms with van der Waals surface area (Å²) in [5, 5.41) is 3.17. The van der Waals surface area contributed by atoms with Crippen molar-refractivity contribution in [3.63, 3.8) is 0 Å². The molecule has 0 atom stereocenters. The van der Waals surface area contributed by atoms with Gasteiger partial charge in [0.05, 0.1) is 12.2 Å². The number of alkyl halides is 2. The summed E-state index contributed by atoms with van der Waals surface area (Å²) in [6.45, 7) is 8.71. The Labute approximate surface area is 171 Å². The first-order valence-electron chi connectivity index (χ1n) is 9.38. The highest BCUT2D eigenvalue weighted by Crippen LogP contribution is 2.28. The molecule has 1 amide bonds. The van der Waals surface area contributed by atoms with Crippen molar-refractivity contribution in [2.75, 3.05) is 25.5 Å². The van der Waals surface area contributed by atoms with Crippen LogP contribution in [0.15, 0.2) is 66.0 Å². The van der Waals surface area contributed by atoms with Gasteiger partial charge in [0.1, 0.15) is 6.61 Å². The van der Waals surface area contributed by atoms with E-state index in [2.05, 4.69) is 16.9 Å². The molecule has 0 saturated carbocycles. The average molecular weight is 405 g/mol. The lowest BCUT2D eigenvalue weighted by atomic mass is 10.1. The summed E-state index contributed by atoms with van der Waals surface area (Å²) in [5.74, 6) is -2.75. The number of amides is 1. The second-order valence-electron chi connectivity index (χ2n) is 6.35. The van der Waals surface area contributed by atoms with E-state index in [0.717, 1.165) is 6.92 Å². The van der Waals surface area contributed by atoms with Gasteiger partial charge in [0, 0.05) is 31.4 Å². The molecule has 0 aromatic heterocycles. The van der Waals surface area contributed by atoms with Crippen LogP contribution in [0.4, 0.5) is 14.5 Å². The molecule has 1 N–H and O–H groups in total. The summed E-state index contributed by atoms with van der Waals surface area (Å²) in [6, 6.07) is 5.93. The van der Waals surface area contributed by atoms with E-state index < -0.39 is 5.92 Å². The number of hydrogen-bond acceptors (Lipinski definition) is 4. The molecular weight excluding hydrogens is 376 g/mol. The Hall–Kier alpha value is -2.96. The lowest BCUT2D eigenvalue weighted by molar-refractivity contribution is -0.125. The van der Waals surface area contributed by atoms with Crippen molar-refractivity contribution in [3.05, 3.63) is 66.5 Å². The van der Waals surface area contributed by atoms with E-state index in [9.17, 15) is 13.6 Å². The minimum absolute atomic E-state index is 0.0574. The number of halogens is 2. The number of ether oxygens (including phenoxy) is 1. The monoisotopic (exact) mass is 405 g/mol. The smallest absolute Gasteiger partial charge is 0.270 e. The lowest BCUT2D eigenvalue weighted by Gasteiger charge is -2.18. The van der Waals surface area contributed by atoms with Crippen LogP contribution in [0.5, 0.6) is 0 Å². The Balaban J connectivity index is 2.96. The highest BCUT2D eigenvalue weighted by Gasteiger charge is 2.23. The highest BCUT2D eigenvalue weighted by molar-refractivity contribution is 5.96. The Morgan fingerprint density at radius 1 is 1.34 bits per heavy atom. The maximum Gasteiger partial charge on any atom is 0.270 e. The fourth-order valence-electron chi connectivity index (χ4n) is 2.27. The first kappa shape index (κ1) is 24.1. The molecule has 0 bridgehead atoms. The van der Waals surface area contributed by atoms with Gasteiger partial charge >= 0.3 is 0 Å². The fourth-order valence-corrected chi connectivity index (χ4v) is 2.27. The summed E-state index contributed by atoms with van der Waals surface area (Å²) in [5.41, 5.74) is 1.19. The zero-order chi connectivity index (χ0) is 21.9. The Morgan fingerprint density at radius 2 is 2.00 bits per heavy atom. The summed E-state index contributed by atoms with van der Waals surface area (Å²) >= 11 is 0. The zero-order valence-corrected chi connectivity index (χ0v) is 17.4. The van der Waals surface area contributed by atoms with Crippen molar-refractivity contribution in [3.8, 4) is 0 Å². The van der Waals surface area contributed by atoms with Gasteiger partial charge in [-0.25, -0.2) is 13.8 Å². The van der Waals surface area contributed by atoms with Crippen LogP contribution in [0.3, 0.4) is 0 Å². The number of aliphatic imine (C=N–C) groups is 1. The lowest BCUT2D eigenvalue weighted by Crippen LogP contribution is -2.29. The molecule has 0 spiro atoms. The molecule has 0 aliphatic carbocycles. The third kappa shape index (κ3) is 8.29. The van der Waals surface area contributed by atoms with E-state index in [1.165, 1.54) is 23.1 Å². The van der Waals surface area contributed by atoms with Gasteiger partial charge < -0.3 is 15.0 Å². The van der Waals surface area contributed by atoms with E-state index in [0.29, 0.717) is 30.2 Å². The van der Waals surface area contributed by atoms with Gasteiger partial charge in [-0.3, -0.25) is 4.79 Å². The molecule has 0 radical (unpaired) electrons. The molecule has 0 aliphatic rings. The molecule has 0 aliphatic heterocycles. The number of anilines is 1. The number of nitrogens with zero attached hydrogens (tertiary/aromatic N) is 2. The maximum atomic E-state index is 13.4. The van der Waals surface area contributed by atoms with Crippen LogP contribution in [0, 0.1) is 0 Å². The summed E-state index contributed by atoms with van der Waals surface area (Å²) in [6.07, 6.45) is 7.20.